The van der Waals surface area contributed by atoms with Gasteiger partial charge in [-0.25, -0.2) is 0 Å². The van der Waals surface area contributed by atoms with E-state index in [4.69, 9.17) is 26.6 Å². The molecule has 1 atom stereocenters. The maximum Gasteiger partial charge on any atom is 0.373 e. The molecule has 4 heteroatoms. The smallest absolute Gasteiger partial charge is 0.373 e. The molecule has 0 saturated heterocycles. The molecular formula is C5H10Cl2OSi. The van der Waals surface area contributed by atoms with E-state index in [0.717, 1.165) is 6.42 Å². The fourth-order valence-electron chi connectivity index (χ4n) is 0.466. The van der Waals surface area contributed by atoms with Crippen LogP contribution in [0.25, 0.3) is 0 Å². The molecular weight excluding hydrogens is 175 g/mol. The van der Waals surface area contributed by atoms with Gasteiger partial charge in [0.2, 0.25) is 0 Å². The second kappa shape index (κ2) is 5.29. The van der Waals surface area contributed by atoms with Crippen LogP contribution in [-0.4, -0.2) is 13.8 Å². The van der Waals surface area contributed by atoms with E-state index in [9.17, 15) is 0 Å². The third-order valence-electron chi connectivity index (χ3n) is 0.834. The van der Waals surface area contributed by atoms with Crippen LogP contribution in [-0.2, 0) is 4.43 Å². The molecule has 0 spiro atoms. The molecule has 0 aliphatic carbocycles. The Labute approximate surface area is 66.7 Å². The first-order valence-corrected chi connectivity index (χ1v) is 6.67. The molecule has 0 saturated carbocycles. The number of halogens is 2. The van der Waals surface area contributed by atoms with E-state index in [1.165, 1.54) is 0 Å². The highest BCUT2D eigenvalue weighted by molar-refractivity contribution is 7.30. The predicted molar refractivity (Wildman–Crippen MR) is 44.2 cm³/mol. The molecule has 1 unspecified atom stereocenters. The summed E-state index contributed by atoms with van der Waals surface area (Å²) in [7, 11) is -1.86. The largest absolute Gasteiger partial charge is 0.391 e. The van der Waals surface area contributed by atoms with Crippen molar-refractivity contribution in [1.29, 1.82) is 0 Å². The average molecular weight is 185 g/mol. The maximum absolute atomic E-state index is 5.46. The van der Waals surface area contributed by atoms with Crippen molar-refractivity contribution in [3.05, 3.63) is 12.7 Å². The van der Waals surface area contributed by atoms with Gasteiger partial charge in [0.15, 0.2) is 0 Å². The summed E-state index contributed by atoms with van der Waals surface area (Å²) in [5.41, 5.74) is 0. The Bertz CT molecular complexity index is 87.0. The molecule has 0 N–H and O–H groups in total. The highest BCUT2D eigenvalue weighted by Crippen LogP contribution is 2.05. The lowest BCUT2D eigenvalue weighted by Crippen LogP contribution is -2.12. The predicted octanol–water partition coefficient (Wildman–Crippen LogP) is 2.16. The lowest BCUT2D eigenvalue weighted by atomic mass is 10.3. The number of hydrogen-bond acceptors (Lipinski definition) is 1. The fraction of sp³-hybridized carbons (Fsp3) is 0.600. The van der Waals surface area contributed by atoms with Crippen molar-refractivity contribution in [3.8, 4) is 0 Å². The number of rotatable bonds is 4. The standard InChI is InChI=1S/C5H10Cl2OSi/c1-3-4-5(2)8-9(6)7/h3,5,9H,1,4H2,2H3. The third kappa shape index (κ3) is 6.38. The first-order valence-electron chi connectivity index (χ1n) is 2.71. The zero-order valence-corrected chi connectivity index (χ0v) is 7.98. The third-order valence-corrected chi connectivity index (χ3v) is 2.12. The van der Waals surface area contributed by atoms with Crippen LogP contribution in [0.2, 0.25) is 0 Å². The lowest BCUT2D eigenvalue weighted by Gasteiger charge is -2.09. The van der Waals surface area contributed by atoms with Crippen molar-refractivity contribution in [1.82, 2.24) is 0 Å². The minimum atomic E-state index is -1.86. The van der Waals surface area contributed by atoms with Gasteiger partial charge in [-0.15, -0.1) is 28.7 Å². The Balaban J connectivity index is 3.25. The zero-order chi connectivity index (χ0) is 7.28. The first kappa shape index (κ1) is 9.50. The molecule has 54 valence electrons. The van der Waals surface area contributed by atoms with E-state index < -0.39 is 7.66 Å². The van der Waals surface area contributed by atoms with Crippen molar-refractivity contribution in [3.63, 3.8) is 0 Å². The zero-order valence-electron chi connectivity index (χ0n) is 5.31. The molecule has 0 aromatic rings. The van der Waals surface area contributed by atoms with Crippen molar-refractivity contribution in [2.45, 2.75) is 19.4 Å². The topological polar surface area (TPSA) is 9.23 Å². The van der Waals surface area contributed by atoms with Crippen molar-refractivity contribution >= 4 is 29.8 Å². The fourth-order valence-corrected chi connectivity index (χ4v) is 1.98. The molecule has 0 radical (unpaired) electrons. The average Bonchev–Trinajstić information content (AvgIpc) is 1.63. The van der Waals surface area contributed by atoms with Crippen LogP contribution in [0.4, 0.5) is 0 Å². The van der Waals surface area contributed by atoms with Gasteiger partial charge >= 0.3 is 7.66 Å². The second-order valence-electron chi connectivity index (χ2n) is 1.73. The number of hydrogen-bond donors (Lipinski definition) is 0. The minimum Gasteiger partial charge on any atom is -0.391 e. The van der Waals surface area contributed by atoms with Crippen LogP contribution in [0.3, 0.4) is 0 Å². The molecule has 0 heterocycles. The molecule has 0 aliphatic heterocycles. The maximum atomic E-state index is 5.46. The summed E-state index contributed by atoms with van der Waals surface area (Å²) >= 11 is 10.9. The van der Waals surface area contributed by atoms with Crippen LogP contribution in [0.1, 0.15) is 13.3 Å². The Morgan fingerprint density at radius 1 is 1.78 bits per heavy atom. The summed E-state index contributed by atoms with van der Waals surface area (Å²) in [5, 5.41) is 0. The first-order chi connectivity index (χ1) is 4.16. The molecule has 0 aromatic carbocycles. The summed E-state index contributed by atoms with van der Waals surface area (Å²) in [6.07, 6.45) is 2.72. The van der Waals surface area contributed by atoms with Gasteiger partial charge in [0.25, 0.3) is 0 Å². The van der Waals surface area contributed by atoms with Crippen molar-refractivity contribution < 1.29 is 4.43 Å². The van der Waals surface area contributed by atoms with Gasteiger partial charge < -0.3 is 4.43 Å². The van der Waals surface area contributed by atoms with Crippen LogP contribution in [0, 0.1) is 0 Å². The summed E-state index contributed by atoms with van der Waals surface area (Å²) in [6, 6.07) is 0. The van der Waals surface area contributed by atoms with Crippen molar-refractivity contribution in [2.24, 2.45) is 0 Å². The van der Waals surface area contributed by atoms with Gasteiger partial charge in [-0.05, 0) is 13.3 Å². The van der Waals surface area contributed by atoms with Gasteiger partial charge in [0, 0.05) is 6.10 Å². The highest BCUT2D eigenvalue weighted by atomic mass is 35.7. The molecule has 0 bridgehead atoms. The van der Waals surface area contributed by atoms with Crippen LogP contribution >= 0.6 is 22.2 Å². The summed E-state index contributed by atoms with van der Waals surface area (Å²) in [6.45, 7) is 5.48. The molecule has 0 aliphatic rings. The highest BCUT2D eigenvalue weighted by Gasteiger charge is 2.06. The van der Waals surface area contributed by atoms with E-state index >= 15 is 0 Å². The van der Waals surface area contributed by atoms with E-state index in [2.05, 4.69) is 6.58 Å². The van der Waals surface area contributed by atoms with E-state index in [-0.39, 0.29) is 6.10 Å². The summed E-state index contributed by atoms with van der Waals surface area (Å²) < 4.78 is 5.09. The van der Waals surface area contributed by atoms with Gasteiger partial charge in [-0.3, -0.25) is 0 Å². The lowest BCUT2D eigenvalue weighted by molar-refractivity contribution is 0.241. The van der Waals surface area contributed by atoms with E-state index in [0.29, 0.717) is 0 Å². The molecule has 0 aromatic heterocycles. The van der Waals surface area contributed by atoms with Crippen LogP contribution < -0.4 is 0 Å². The molecule has 9 heavy (non-hydrogen) atoms. The normalized spacial score (nSPS) is 13.8. The van der Waals surface area contributed by atoms with E-state index in [1.54, 1.807) is 6.08 Å². The Morgan fingerprint density at radius 2 is 2.33 bits per heavy atom. The monoisotopic (exact) mass is 184 g/mol. The van der Waals surface area contributed by atoms with E-state index in [1.807, 2.05) is 6.92 Å². The van der Waals surface area contributed by atoms with Crippen LogP contribution in [0.15, 0.2) is 12.7 Å². The molecule has 0 amide bonds. The van der Waals surface area contributed by atoms with Gasteiger partial charge in [-0.2, -0.15) is 0 Å². The SMILES string of the molecule is C=CCC(C)O[SiH](Cl)Cl. The van der Waals surface area contributed by atoms with Crippen LogP contribution in [0.5, 0.6) is 0 Å². The Hall–Kier alpha value is 0.497. The second-order valence-corrected chi connectivity index (χ2v) is 5.57. The summed E-state index contributed by atoms with van der Waals surface area (Å²) in [5.74, 6) is 0. The minimum absolute atomic E-state index is 0.120. The van der Waals surface area contributed by atoms with Gasteiger partial charge in [0.1, 0.15) is 0 Å². The van der Waals surface area contributed by atoms with Crippen molar-refractivity contribution in [2.75, 3.05) is 0 Å². The molecule has 0 rings (SSSR count). The molecule has 1 nitrogen and oxygen atoms in total. The Morgan fingerprint density at radius 3 is 2.67 bits per heavy atom. The molecule has 0 fully saturated rings. The quantitative estimate of drug-likeness (QED) is 0.370. The summed E-state index contributed by atoms with van der Waals surface area (Å²) in [4.78, 5) is 0. The Kier molecular flexibility index (Phi) is 5.59. The van der Waals surface area contributed by atoms with Gasteiger partial charge in [0.05, 0.1) is 0 Å². The van der Waals surface area contributed by atoms with Gasteiger partial charge in [-0.1, -0.05) is 6.08 Å².